The number of hydrogen-bond donors (Lipinski definition) is 1. The van der Waals surface area contributed by atoms with Gasteiger partial charge in [0.05, 0.1) is 23.1 Å². The first kappa shape index (κ1) is 19.2. The number of benzene rings is 1. The SMILES string of the molecule is Cc1[nH]cnc1CC1CC2(OC(=O)C=CC(=O)O2)c2c(c3cccc(F)c3n2C)C1=O. The van der Waals surface area contributed by atoms with Gasteiger partial charge in [-0.25, -0.2) is 19.0 Å². The highest BCUT2D eigenvalue weighted by Gasteiger charge is 2.54. The predicted molar refractivity (Wildman–Crippen MR) is 105 cm³/mol. The van der Waals surface area contributed by atoms with Gasteiger partial charge in [-0.3, -0.25) is 4.79 Å². The average molecular weight is 423 g/mol. The van der Waals surface area contributed by atoms with E-state index in [9.17, 15) is 18.8 Å². The number of aromatic amines is 1. The molecule has 0 radical (unpaired) electrons. The van der Waals surface area contributed by atoms with Crippen molar-refractivity contribution in [1.29, 1.82) is 0 Å². The molecule has 2 aromatic heterocycles. The number of ether oxygens (including phenoxy) is 2. The topological polar surface area (TPSA) is 103 Å². The lowest BCUT2D eigenvalue weighted by Crippen LogP contribution is -2.45. The molecule has 5 rings (SSSR count). The summed E-state index contributed by atoms with van der Waals surface area (Å²) < 4.78 is 27.4. The summed E-state index contributed by atoms with van der Waals surface area (Å²) in [5, 5.41) is 0.370. The minimum atomic E-state index is -1.87. The first-order valence-electron chi connectivity index (χ1n) is 9.75. The Bertz CT molecular complexity index is 1280. The number of imidazole rings is 1. The highest BCUT2D eigenvalue weighted by atomic mass is 19.1. The van der Waals surface area contributed by atoms with E-state index in [1.165, 1.54) is 23.0 Å². The zero-order valence-corrected chi connectivity index (χ0v) is 16.8. The van der Waals surface area contributed by atoms with Crippen LogP contribution in [0, 0.1) is 18.7 Å². The number of carbonyl (C=O) groups excluding carboxylic acids is 3. The molecular formula is C22H18FN3O5. The second-order valence-corrected chi connectivity index (χ2v) is 7.79. The Labute approximate surface area is 175 Å². The monoisotopic (exact) mass is 423 g/mol. The summed E-state index contributed by atoms with van der Waals surface area (Å²) in [6.45, 7) is 1.83. The number of rotatable bonds is 2. The fourth-order valence-corrected chi connectivity index (χ4v) is 4.60. The molecule has 3 aromatic rings. The van der Waals surface area contributed by atoms with Gasteiger partial charge in [0.2, 0.25) is 0 Å². The highest BCUT2D eigenvalue weighted by Crippen LogP contribution is 2.47. The van der Waals surface area contributed by atoms with Gasteiger partial charge in [-0.1, -0.05) is 12.1 Å². The van der Waals surface area contributed by atoms with Crippen LogP contribution in [-0.2, 0) is 38.3 Å². The number of carbonyl (C=O) groups is 3. The molecule has 3 heterocycles. The van der Waals surface area contributed by atoms with Crippen LogP contribution in [0.3, 0.4) is 0 Å². The summed E-state index contributed by atoms with van der Waals surface area (Å²) in [7, 11) is 1.55. The van der Waals surface area contributed by atoms with Gasteiger partial charge >= 0.3 is 17.7 Å². The van der Waals surface area contributed by atoms with Gasteiger partial charge in [0, 0.05) is 49.0 Å². The molecule has 2 aliphatic rings. The Balaban J connectivity index is 1.76. The third kappa shape index (κ3) is 2.80. The molecule has 0 amide bonds. The Morgan fingerprint density at radius 3 is 2.58 bits per heavy atom. The third-order valence-corrected chi connectivity index (χ3v) is 5.92. The Kier molecular flexibility index (Phi) is 4.11. The third-order valence-electron chi connectivity index (χ3n) is 5.92. The van der Waals surface area contributed by atoms with Gasteiger partial charge < -0.3 is 19.0 Å². The number of ketones is 1. The van der Waals surface area contributed by atoms with Crippen molar-refractivity contribution in [3.8, 4) is 0 Å². The zero-order valence-electron chi connectivity index (χ0n) is 16.8. The van der Waals surface area contributed by atoms with E-state index in [0.29, 0.717) is 11.1 Å². The fraction of sp³-hybridized carbons (Fsp3) is 0.273. The molecule has 1 aromatic carbocycles. The van der Waals surface area contributed by atoms with E-state index in [4.69, 9.17) is 9.47 Å². The maximum atomic E-state index is 14.7. The van der Waals surface area contributed by atoms with Gasteiger partial charge in [-0.05, 0) is 13.0 Å². The van der Waals surface area contributed by atoms with E-state index in [2.05, 4.69) is 9.97 Å². The van der Waals surface area contributed by atoms with Gasteiger partial charge in [0.1, 0.15) is 11.5 Å². The van der Waals surface area contributed by atoms with Crippen molar-refractivity contribution in [2.24, 2.45) is 13.0 Å². The standard InChI is InChI=1S/C22H18FN3O5/c1-11-15(25-10-24-11)8-12-9-22(30-16(27)6-7-17(28)31-22)21-18(20(12)29)13-4-3-5-14(23)19(13)26(21)2/h3-7,10,12H,8-9H2,1-2H3,(H,24,25). The summed E-state index contributed by atoms with van der Waals surface area (Å²) in [4.78, 5) is 45.5. The molecule has 1 aliphatic carbocycles. The van der Waals surface area contributed by atoms with E-state index in [0.717, 1.165) is 17.8 Å². The molecule has 158 valence electrons. The number of H-pyrrole nitrogens is 1. The van der Waals surface area contributed by atoms with Crippen LogP contribution in [0.1, 0.15) is 33.9 Å². The smallest absolute Gasteiger partial charge is 0.334 e. The van der Waals surface area contributed by atoms with Crippen molar-refractivity contribution in [1.82, 2.24) is 14.5 Å². The van der Waals surface area contributed by atoms with Crippen molar-refractivity contribution in [3.05, 3.63) is 65.1 Å². The number of aromatic nitrogens is 3. The Morgan fingerprint density at radius 2 is 1.94 bits per heavy atom. The summed E-state index contributed by atoms with van der Waals surface area (Å²) >= 11 is 0. The Hall–Kier alpha value is -3.75. The van der Waals surface area contributed by atoms with Crippen molar-refractivity contribution in [2.45, 2.75) is 25.6 Å². The number of nitrogens with one attached hydrogen (secondary N) is 1. The molecule has 8 nitrogen and oxygen atoms in total. The normalized spacial score (nSPS) is 20.0. The van der Waals surface area contributed by atoms with E-state index in [1.807, 2.05) is 6.92 Å². The van der Waals surface area contributed by atoms with Crippen LogP contribution in [-0.4, -0.2) is 32.3 Å². The van der Waals surface area contributed by atoms with Crippen LogP contribution in [0.15, 0.2) is 36.7 Å². The van der Waals surface area contributed by atoms with Gasteiger partial charge in [-0.2, -0.15) is 0 Å². The minimum absolute atomic E-state index is 0.101. The number of halogens is 1. The molecular weight excluding hydrogens is 405 g/mol. The molecule has 1 N–H and O–H groups in total. The van der Waals surface area contributed by atoms with Crippen molar-refractivity contribution in [2.75, 3.05) is 0 Å². The lowest BCUT2D eigenvalue weighted by molar-refractivity contribution is -0.235. The number of para-hydroxylation sites is 1. The fourth-order valence-electron chi connectivity index (χ4n) is 4.60. The molecule has 1 spiro atoms. The van der Waals surface area contributed by atoms with Crippen molar-refractivity contribution >= 4 is 28.6 Å². The van der Waals surface area contributed by atoms with Crippen LogP contribution in [0.2, 0.25) is 0 Å². The molecule has 0 saturated carbocycles. The largest absolute Gasteiger partial charge is 0.413 e. The van der Waals surface area contributed by atoms with E-state index < -0.39 is 29.5 Å². The van der Waals surface area contributed by atoms with Crippen LogP contribution >= 0.6 is 0 Å². The van der Waals surface area contributed by atoms with Crippen LogP contribution in [0.25, 0.3) is 10.9 Å². The summed E-state index contributed by atoms with van der Waals surface area (Å²) in [6.07, 6.45) is 3.62. The number of aryl methyl sites for hydroxylation is 2. The molecule has 0 bridgehead atoms. The minimum Gasteiger partial charge on any atom is -0.413 e. The first-order valence-corrected chi connectivity index (χ1v) is 9.75. The average Bonchev–Trinajstić information content (AvgIpc) is 3.22. The first-order chi connectivity index (χ1) is 14.8. The molecule has 0 fully saturated rings. The second kappa shape index (κ2) is 6.63. The van der Waals surface area contributed by atoms with Crippen molar-refractivity contribution < 1.29 is 28.2 Å². The molecule has 1 atom stereocenters. The quantitative estimate of drug-likeness (QED) is 0.636. The predicted octanol–water partition coefficient (Wildman–Crippen LogP) is 2.60. The van der Waals surface area contributed by atoms with Crippen LogP contribution in [0.4, 0.5) is 4.39 Å². The van der Waals surface area contributed by atoms with Gasteiger partial charge in [0.15, 0.2) is 5.78 Å². The molecule has 31 heavy (non-hydrogen) atoms. The summed E-state index contributed by atoms with van der Waals surface area (Å²) in [6, 6.07) is 4.41. The van der Waals surface area contributed by atoms with Crippen LogP contribution < -0.4 is 0 Å². The number of fused-ring (bicyclic) bond motifs is 4. The van der Waals surface area contributed by atoms with E-state index in [-0.39, 0.29) is 35.4 Å². The molecule has 1 unspecified atom stereocenters. The lowest BCUT2D eigenvalue weighted by Gasteiger charge is -2.38. The van der Waals surface area contributed by atoms with Gasteiger partial charge in [-0.15, -0.1) is 0 Å². The Morgan fingerprint density at radius 1 is 1.23 bits per heavy atom. The number of Topliss-reactive ketones (excluding diaryl/α,β-unsaturated/α-hetero) is 1. The number of nitrogens with zero attached hydrogens (tertiary/aromatic N) is 2. The molecule has 0 saturated heterocycles. The maximum Gasteiger partial charge on any atom is 0.334 e. The summed E-state index contributed by atoms with van der Waals surface area (Å²) in [5.41, 5.74) is 1.98. The van der Waals surface area contributed by atoms with E-state index >= 15 is 0 Å². The van der Waals surface area contributed by atoms with Gasteiger partial charge in [0.25, 0.3) is 0 Å². The maximum absolute atomic E-state index is 14.7. The molecule has 9 heteroatoms. The van der Waals surface area contributed by atoms with E-state index in [1.54, 1.807) is 13.1 Å². The lowest BCUT2D eigenvalue weighted by atomic mass is 9.78. The number of hydrogen-bond acceptors (Lipinski definition) is 6. The van der Waals surface area contributed by atoms with Crippen LogP contribution in [0.5, 0.6) is 0 Å². The second-order valence-electron chi connectivity index (χ2n) is 7.79. The molecule has 1 aliphatic heterocycles. The number of esters is 2. The zero-order chi connectivity index (χ0) is 21.9. The highest BCUT2D eigenvalue weighted by molar-refractivity contribution is 6.12. The van der Waals surface area contributed by atoms with Crippen molar-refractivity contribution in [3.63, 3.8) is 0 Å². The summed E-state index contributed by atoms with van der Waals surface area (Å²) in [5.74, 6) is -4.93.